The zero-order valence-corrected chi connectivity index (χ0v) is 19.7. The quantitative estimate of drug-likeness (QED) is 0.667. The molecule has 1 aliphatic heterocycles. The standard InChI is InChI=1S/C25H28N2O5S/c1-15-27(21(13-33-15)22(28)29)23(30)25(2,3)14-26-24(31)32-12-20-18-10-6-4-8-16(18)17-9-5-7-11-19(17)20/h4-11,15,20-21H,12-14H2,1-3H3,(H,26,31)(H,28,29). The van der Waals surface area contributed by atoms with E-state index in [0.717, 1.165) is 22.3 Å². The zero-order valence-electron chi connectivity index (χ0n) is 18.9. The lowest BCUT2D eigenvalue weighted by molar-refractivity contribution is -0.153. The van der Waals surface area contributed by atoms with Gasteiger partial charge in [-0.25, -0.2) is 9.59 Å². The number of ether oxygens (including phenoxy) is 1. The van der Waals surface area contributed by atoms with Crippen molar-refractivity contribution < 1.29 is 24.2 Å². The molecule has 0 spiro atoms. The van der Waals surface area contributed by atoms with Gasteiger partial charge in [0.15, 0.2) is 0 Å². The van der Waals surface area contributed by atoms with Gasteiger partial charge in [-0.2, -0.15) is 0 Å². The molecule has 2 aromatic carbocycles. The number of hydrogen-bond acceptors (Lipinski definition) is 5. The van der Waals surface area contributed by atoms with Gasteiger partial charge in [0, 0.05) is 18.2 Å². The Morgan fingerprint density at radius 1 is 1.09 bits per heavy atom. The van der Waals surface area contributed by atoms with Crippen LogP contribution < -0.4 is 5.32 Å². The number of hydrogen-bond donors (Lipinski definition) is 2. The number of alkyl carbamates (subject to hydrolysis) is 1. The smallest absolute Gasteiger partial charge is 0.407 e. The summed E-state index contributed by atoms with van der Waals surface area (Å²) >= 11 is 1.43. The van der Waals surface area contributed by atoms with Crippen LogP contribution in [0.4, 0.5) is 4.79 Å². The molecule has 2 amide bonds. The fraction of sp³-hybridized carbons (Fsp3) is 0.400. The summed E-state index contributed by atoms with van der Waals surface area (Å²) in [5, 5.41) is 11.9. The second-order valence-corrected chi connectivity index (χ2v) is 10.4. The Morgan fingerprint density at radius 2 is 1.67 bits per heavy atom. The summed E-state index contributed by atoms with van der Waals surface area (Å²) in [6.45, 7) is 5.46. The minimum Gasteiger partial charge on any atom is -0.480 e. The molecule has 2 aliphatic rings. The molecule has 2 aromatic rings. The fourth-order valence-corrected chi connectivity index (χ4v) is 5.68. The number of carbonyl (C=O) groups excluding carboxylic acids is 2. The lowest BCUT2D eigenvalue weighted by atomic mass is 9.91. The molecule has 2 unspecified atom stereocenters. The predicted molar refractivity (Wildman–Crippen MR) is 127 cm³/mol. The van der Waals surface area contributed by atoms with Crippen LogP contribution >= 0.6 is 11.8 Å². The minimum absolute atomic E-state index is 0.0444. The van der Waals surface area contributed by atoms with Crippen LogP contribution in [0.5, 0.6) is 0 Å². The Morgan fingerprint density at radius 3 is 2.24 bits per heavy atom. The minimum atomic E-state index is -1.01. The van der Waals surface area contributed by atoms with Gasteiger partial charge in [0.25, 0.3) is 0 Å². The highest BCUT2D eigenvalue weighted by Gasteiger charge is 2.44. The van der Waals surface area contributed by atoms with Crippen molar-refractivity contribution in [1.82, 2.24) is 10.2 Å². The molecule has 4 rings (SSSR count). The summed E-state index contributed by atoms with van der Waals surface area (Å²) in [7, 11) is 0. The van der Waals surface area contributed by atoms with E-state index in [4.69, 9.17) is 4.74 Å². The molecule has 1 fully saturated rings. The third kappa shape index (κ3) is 4.44. The molecule has 1 aliphatic carbocycles. The van der Waals surface area contributed by atoms with Crippen molar-refractivity contribution in [3.63, 3.8) is 0 Å². The number of nitrogens with zero attached hydrogens (tertiary/aromatic N) is 1. The Hall–Kier alpha value is -3.00. The first kappa shape index (κ1) is 23.2. The van der Waals surface area contributed by atoms with E-state index < -0.39 is 23.5 Å². The number of amides is 2. The van der Waals surface area contributed by atoms with Crippen LogP contribution in [-0.4, -0.2) is 58.3 Å². The summed E-state index contributed by atoms with van der Waals surface area (Å²) < 4.78 is 5.55. The summed E-state index contributed by atoms with van der Waals surface area (Å²) in [5.41, 5.74) is 3.58. The molecule has 0 radical (unpaired) electrons. The van der Waals surface area contributed by atoms with E-state index in [2.05, 4.69) is 29.6 Å². The highest BCUT2D eigenvalue weighted by molar-refractivity contribution is 8.00. The highest BCUT2D eigenvalue weighted by atomic mass is 32.2. The number of rotatable bonds is 6. The van der Waals surface area contributed by atoms with Gasteiger partial charge < -0.3 is 20.1 Å². The molecular formula is C25H28N2O5S. The second-order valence-electron chi connectivity index (χ2n) is 9.06. The molecule has 2 atom stereocenters. The van der Waals surface area contributed by atoms with E-state index in [0.29, 0.717) is 5.75 Å². The summed E-state index contributed by atoms with van der Waals surface area (Å²) in [6, 6.07) is 15.4. The van der Waals surface area contributed by atoms with Crippen LogP contribution in [0.3, 0.4) is 0 Å². The monoisotopic (exact) mass is 468 g/mol. The Bertz CT molecular complexity index is 1040. The first-order chi connectivity index (χ1) is 15.7. The van der Waals surface area contributed by atoms with Gasteiger partial charge in [-0.15, -0.1) is 11.8 Å². The molecule has 0 saturated carbocycles. The molecule has 1 saturated heterocycles. The van der Waals surface area contributed by atoms with Gasteiger partial charge >= 0.3 is 12.1 Å². The molecule has 8 heteroatoms. The number of fused-ring (bicyclic) bond motifs is 3. The number of carboxylic acids is 1. The molecule has 0 aromatic heterocycles. The number of aliphatic carboxylic acids is 1. The largest absolute Gasteiger partial charge is 0.480 e. The van der Waals surface area contributed by atoms with Gasteiger partial charge in [-0.1, -0.05) is 48.5 Å². The second kappa shape index (κ2) is 9.09. The van der Waals surface area contributed by atoms with Crippen molar-refractivity contribution >= 4 is 29.7 Å². The van der Waals surface area contributed by atoms with Gasteiger partial charge in [-0.05, 0) is 43.0 Å². The summed E-state index contributed by atoms with van der Waals surface area (Å²) in [5.74, 6) is -0.999. The Balaban J connectivity index is 1.37. The maximum atomic E-state index is 13.1. The van der Waals surface area contributed by atoms with Crippen molar-refractivity contribution in [1.29, 1.82) is 0 Å². The molecule has 7 nitrogen and oxygen atoms in total. The van der Waals surface area contributed by atoms with Crippen molar-refractivity contribution in [3.8, 4) is 11.1 Å². The molecular weight excluding hydrogens is 440 g/mol. The number of carboxylic acid groups (broad SMARTS) is 1. The number of thioether (sulfide) groups is 1. The lowest BCUT2D eigenvalue weighted by Gasteiger charge is -2.33. The van der Waals surface area contributed by atoms with Crippen LogP contribution in [0, 0.1) is 5.41 Å². The van der Waals surface area contributed by atoms with Gasteiger partial charge in [-0.3, -0.25) is 4.79 Å². The fourth-order valence-electron chi connectivity index (χ4n) is 4.51. The van der Waals surface area contributed by atoms with Gasteiger partial charge in [0.2, 0.25) is 5.91 Å². The number of carbonyl (C=O) groups is 3. The van der Waals surface area contributed by atoms with E-state index in [1.807, 2.05) is 31.2 Å². The zero-order chi connectivity index (χ0) is 23.8. The van der Waals surface area contributed by atoms with Crippen LogP contribution in [-0.2, 0) is 14.3 Å². The normalized spacial score (nSPS) is 19.7. The van der Waals surface area contributed by atoms with Crippen molar-refractivity contribution in [3.05, 3.63) is 59.7 Å². The number of nitrogens with one attached hydrogen (secondary N) is 1. The van der Waals surface area contributed by atoms with Crippen LogP contribution in [0.1, 0.15) is 37.8 Å². The Labute approximate surface area is 197 Å². The van der Waals surface area contributed by atoms with Gasteiger partial charge in [0.05, 0.1) is 10.8 Å². The SMILES string of the molecule is CC1SCC(C(=O)O)N1C(=O)C(C)(C)CNC(=O)OCC1c2ccccc2-c2ccccc21. The van der Waals surface area contributed by atoms with Crippen LogP contribution in [0.15, 0.2) is 48.5 Å². The molecule has 2 N–H and O–H groups in total. The topological polar surface area (TPSA) is 95.9 Å². The van der Waals surface area contributed by atoms with E-state index in [-0.39, 0.29) is 30.4 Å². The van der Waals surface area contributed by atoms with E-state index in [1.165, 1.54) is 16.7 Å². The van der Waals surface area contributed by atoms with E-state index in [9.17, 15) is 19.5 Å². The lowest BCUT2D eigenvalue weighted by Crippen LogP contribution is -2.53. The van der Waals surface area contributed by atoms with E-state index >= 15 is 0 Å². The highest BCUT2D eigenvalue weighted by Crippen LogP contribution is 2.44. The molecule has 174 valence electrons. The summed E-state index contributed by atoms with van der Waals surface area (Å²) in [6.07, 6.45) is -0.601. The van der Waals surface area contributed by atoms with Crippen LogP contribution in [0.2, 0.25) is 0 Å². The number of benzene rings is 2. The van der Waals surface area contributed by atoms with E-state index in [1.54, 1.807) is 13.8 Å². The third-order valence-electron chi connectivity index (χ3n) is 6.34. The molecule has 1 heterocycles. The molecule has 33 heavy (non-hydrogen) atoms. The summed E-state index contributed by atoms with van der Waals surface area (Å²) in [4.78, 5) is 38.6. The third-order valence-corrected chi connectivity index (χ3v) is 7.56. The predicted octanol–water partition coefficient (Wildman–Crippen LogP) is 3.93. The van der Waals surface area contributed by atoms with Crippen molar-refractivity contribution in [2.45, 2.75) is 38.1 Å². The average Bonchev–Trinajstić information content (AvgIpc) is 3.34. The van der Waals surface area contributed by atoms with Crippen molar-refractivity contribution in [2.24, 2.45) is 5.41 Å². The maximum Gasteiger partial charge on any atom is 0.407 e. The maximum absolute atomic E-state index is 13.1. The first-order valence-electron chi connectivity index (χ1n) is 11.0. The average molecular weight is 469 g/mol. The first-order valence-corrected chi connectivity index (χ1v) is 12.0. The van der Waals surface area contributed by atoms with Gasteiger partial charge in [0.1, 0.15) is 12.6 Å². The van der Waals surface area contributed by atoms with Crippen LogP contribution in [0.25, 0.3) is 11.1 Å². The van der Waals surface area contributed by atoms with Crippen molar-refractivity contribution in [2.75, 3.05) is 18.9 Å². The Kier molecular flexibility index (Phi) is 6.38. The molecule has 0 bridgehead atoms.